The maximum Gasteiger partial charge on any atom is 0.257 e. The van der Waals surface area contributed by atoms with E-state index < -0.39 is 0 Å². The lowest BCUT2D eigenvalue weighted by Gasteiger charge is -2.10. The molecule has 4 nitrogen and oxygen atoms in total. The standard InChI is InChI=1S/C13H12ClN3O/c14-9-6-7-12(17-15)11(8-9)13(18)16-10-4-2-1-3-5-10/h1-8,17H,15H2,(H,16,18). The number of nitrogens with two attached hydrogens (primary N) is 1. The highest BCUT2D eigenvalue weighted by molar-refractivity contribution is 6.31. The van der Waals surface area contributed by atoms with Crippen LogP contribution in [0, 0.1) is 0 Å². The summed E-state index contributed by atoms with van der Waals surface area (Å²) in [4.78, 5) is 12.1. The molecule has 0 aliphatic rings. The molecule has 0 atom stereocenters. The van der Waals surface area contributed by atoms with Gasteiger partial charge < -0.3 is 10.7 Å². The van der Waals surface area contributed by atoms with Crippen LogP contribution in [-0.2, 0) is 0 Å². The molecule has 0 aromatic heterocycles. The predicted octanol–water partition coefficient (Wildman–Crippen LogP) is 2.88. The monoisotopic (exact) mass is 261 g/mol. The number of amides is 1. The van der Waals surface area contributed by atoms with Crippen molar-refractivity contribution >= 4 is 28.9 Å². The van der Waals surface area contributed by atoms with E-state index in [1.807, 2.05) is 18.2 Å². The van der Waals surface area contributed by atoms with Crippen LogP contribution in [0.15, 0.2) is 48.5 Å². The number of nitrogen functional groups attached to an aromatic ring is 1. The van der Waals surface area contributed by atoms with E-state index in [0.29, 0.717) is 22.0 Å². The Morgan fingerprint density at radius 2 is 1.83 bits per heavy atom. The van der Waals surface area contributed by atoms with Gasteiger partial charge in [0.2, 0.25) is 0 Å². The molecule has 4 N–H and O–H groups in total. The Morgan fingerprint density at radius 3 is 2.50 bits per heavy atom. The largest absolute Gasteiger partial charge is 0.323 e. The summed E-state index contributed by atoms with van der Waals surface area (Å²) in [6.07, 6.45) is 0. The third kappa shape index (κ3) is 2.80. The van der Waals surface area contributed by atoms with Crippen LogP contribution >= 0.6 is 11.6 Å². The lowest BCUT2D eigenvalue weighted by molar-refractivity contribution is 0.102. The summed E-state index contributed by atoms with van der Waals surface area (Å²) in [7, 11) is 0. The summed E-state index contributed by atoms with van der Waals surface area (Å²) < 4.78 is 0. The van der Waals surface area contributed by atoms with Gasteiger partial charge in [-0.1, -0.05) is 29.8 Å². The highest BCUT2D eigenvalue weighted by Crippen LogP contribution is 2.21. The minimum absolute atomic E-state index is 0.267. The predicted molar refractivity (Wildman–Crippen MR) is 73.7 cm³/mol. The zero-order chi connectivity index (χ0) is 13.0. The van der Waals surface area contributed by atoms with Gasteiger partial charge in [-0.25, -0.2) is 0 Å². The van der Waals surface area contributed by atoms with Crippen LogP contribution in [0.25, 0.3) is 0 Å². The summed E-state index contributed by atoms with van der Waals surface area (Å²) in [6, 6.07) is 14.1. The van der Waals surface area contributed by atoms with Crippen LogP contribution in [0.2, 0.25) is 5.02 Å². The zero-order valence-electron chi connectivity index (χ0n) is 9.48. The molecule has 0 saturated carbocycles. The molecule has 0 heterocycles. The SMILES string of the molecule is NNc1ccc(Cl)cc1C(=O)Nc1ccccc1. The van der Waals surface area contributed by atoms with E-state index in [0.717, 1.165) is 0 Å². The molecule has 0 radical (unpaired) electrons. The Hall–Kier alpha value is -2.04. The molecule has 0 unspecified atom stereocenters. The van der Waals surface area contributed by atoms with Crippen molar-refractivity contribution in [3.05, 3.63) is 59.1 Å². The number of rotatable bonds is 3. The number of anilines is 2. The molecule has 92 valence electrons. The molecule has 0 spiro atoms. The molecule has 5 heteroatoms. The van der Waals surface area contributed by atoms with Crippen LogP contribution < -0.4 is 16.6 Å². The summed E-state index contributed by atoms with van der Waals surface area (Å²) in [5, 5.41) is 3.25. The van der Waals surface area contributed by atoms with Crippen molar-refractivity contribution in [3.63, 3.8) is 0 Å². The van der Waals surface area contributed by atoms with Crippen molar-refractivity contribution in [2.24, 2.45) is 5.84 Å². The lowest BCUT2D eigenvalue weighted by Crippen LogP contribution is -2.17. The van der Waals surface area contributed by atoms with Crippen LogP contribution in [0.4, 0.5) is 11.4 Å². The van der Waals surface area contributed by atoms with E-state index in [1.54, 1.807) is 30.3 Å². The van der Waals surface area contributed by atoms with Gasteiger partial charge in [0.05, 0.1) is 11.3 Å². The highest BCUT2D eigenvalue weighted by atomic mass is 35.5. The second-order valence-electron chi connectivity index (χ2n) is 3.65. The average Bonchev–Trinajstić information content (AvgIpc) is 2.40. The molecule has 0 aliphatic heterocycles. The number of hydrogen-bond acceptors (Lipinski definition) is 3. The Kier molecular flexibility index (Phi) is 3.82. The van der Waals surface area contributed by atoms with Crippen molar-refractivity contribution in [1.29, 1.82) is 0 Å². The summed E-state index contributed by atoms with van der Waals surface area (Å²) in [5.74, 6) is 5.09. The first-order valence-electron chi connectivity index (χ1n) is 5.33. The molecule has 18 heavy (non-hydrogen) atoms. The second kappa shape index (κ2) is 5.53. The smallest absolute Gasteiger partial charge is 0.257 e. The Balaban J connectivity index is 2.26. The van der Waals surface area contributed by atoms with E-state index in [1.165, 1.54) is 0 Å². The minimum Gasteiger partial charge on any atom is -0.323 e. The van der Waals surface area contributed by atoms with Crippen LogP contribution in [0.3, 0.4) is 0 Å². The molecule has 0 bridgehead atoms. The van der Waals surface area contributed by atoms with Crippen molar-refractivity contribution < 1.29 is 4.79 Å². The van der Waals surface area contributed by atoms with Gasteiger partial charge in [0.15, 0.2) is 0 Å². The number of carbonyl (C=O) groups is 1. The quantitative estimate of drug-likeness (QED) is 0.588. The first kappa shape index (κ1) is 12.4. The maximum atomic E-state index is 12.1. The second-order valence-corrected chi connectivity index (χ2v) is 4.09. The van der Waals surface area contributed by atoms with Gasteiger partial charge in [0, 0.05) is 10.7 Å². The fourth-order valence-electron chi connectivity index (χ4n) is 1.55. The lowest BCUT2D eigenvalue weighted by atomic mass is 10.1. The number of hydrogen-bond donors (Lipinski definition) is 3. The summed E-state index contributed by atoms with van der Waals surface area (Å²) >= 11 is 5.87. The maximum absolute atomic E-state index is 12.1. The molecule has 2 aromatic rings. The Labute approximate surface area is 110 Å². The fraction of sp³-hybridized carbons (Fsp3) is 0. The van der Waals surface area contributed by atoms with E-state index in [-0.39, 0.29) is 5.91 Å². The molecule has 0 aliphatic carbocycles. The van der Waals surface area contributed by atoms with Gasteiger partial charge in [0.1, 0.15) is 0 Å². The van der Waals surface area contributed by atoms with Crippen molar-refractivity contribution in [3.8, 4) is 0 Å². The number of halogens is 1. The van der Waals surface area contributed by atoms with Crippen molar-refractivity contribution in [2.75, 3.05) is 10.7 Å². The van der Waals surface area contributed by atoms with Gasteiger partial charge >= 0.3 is 0 Å². The summed E-state index contributed by atoms with van der Waals surface area (Å²) in [5.41, 5.74) is 4.10. The third-order valence-electron chi connectivity index (χ3n) is 2.41. The van der Waals surface area contributed by atoms with E-state index >= 15 is 0 Å². The van der Waals surface area contributed by atoms with Gasteiger partial charge in [-0.2, -0.15) is 0 Å². The van der Waals surface area contributed by atoms with E-state index in [4.69, 9.17) is 17.4 Å². The van der Waals surface area contributed by atoms with Gasteiger partial charge in [-0.15, -0.1) is 0 Å². The van der Waals surface area contributed by atoms with Gasteiger partial charge in [-0.05, 0) is 30.3 Å². The number of benzene rings is 2. The number of nitrogens with one attached hydrogen (secondary N) is 2. The Bertz CT molecular complexity index is 557. The Morgan fingerprint density at radius 1 is 1.11 bits per heavy atom. The highest BCUT2D eigenvalue weighted by Gasteiger charge is 2.11. The van der Waals surface area contributed by atoms with E-state index in [9.17, 15) is 4.79 Å². The van der Waals surface area contributed by atoms with Crippen LogP contribution in [0.5, 0.6) is 0 Å². The topological polar surface area (TPSA) is 67.1 Å². The number of carbonyl (C=O) groups excluding carboxylic acids is 1. The minimum atomic E-state index is -0.267. The first-order valence-corrected chi connectivity index (χ1v) is 5.71. The normalized spacial score (nSPS) is 9.89. The molecular weight excluding hydrogens is 250 g/mol. The zero-order valence-corrected chi connectivity index (χ0v) is 10.2. The van der Waals surface area contributed by atoms with Gasteiger partial charge in [0.25, 0.3) is 5.91 Å². The van der Waals surface area contributed by atoms with Crippen LogP contribution in [-0.4, -0.2) is 5.91 Å². The first-order chi connectivity index (χ1) is 8.70. The van der Waals surface area contributed by atoms with Crippen LogP contribution in [0.1, 0.15) is 10.4 Å². The molecule has 2 rings (SSSR count). The summed E-state index contributed by atoms with van der Waals surface area (Å²) in [6.45, 7) is 0. The third-order valence-corrected chi connectivity index (χ3v) is 2.65. The fourth-order valence-corrected chi connectivity index (χ4v) is 1.72. The number of para-hydroxylation sites is 1. The molecule has 2 aromatic carbocycles. The molecule has 0 saturated heterocycles. The number of hydrazine groups is 1. The van der Waals surface area contributed by atoms with Gasteiger partial charge in [-0.3, -0.25) is 10.6 Å². The van der Waals surface area contributed by atoms with Crippen molar-refractivity contribution in [2.45, 2.75) is 0 Å². The molecular formula is C13H12ClN3O. The molecule has 1 amide bonds. The van der Waals surface area contributed by atoms with E-state index in [2.05, 4.69) is 10.7 Å². The van der Waals surface area contributed by atoms with Crippen molar-refractivity contribution in [1.82, 2.24) is 0 Å². The average molecular weight is 262 g/mol. The molecule has 0 fully saturated rings.